The van der Waals surface area contributed by atoms with Crippen LogP contribution in [0.4, 0.5) is 4.79 Å². The molecule has 0 unspecified atom stereocenters. The molecule has 9 heteroatoms. The number of nitrogens with zero attached hydrogens (tertiary/aromatic N) is 2. The number of alkyl carbamates (subject to hydrolysis) is 1. The maximum atomic E-state index is 12.7. The Bertz CT molecular complexity index is 920. The fraction of sp³-hybridized carbons (Fsp3) is 0.500. The van der Waals surface area contributed by atoms with Crippen LogP contribution in [0.25, 0.3) is 5.65 Å². The number of carboxylic acid groups (broad SMARTS) is 1. The van der Waals surface area contributed by atoms with Crippen LogP contribution >= 0.6 is 0 Å². The topological polar surface area (TPSA) is 119 Å². The Labute approximate surface area is 169 Å². The Kier molecular flexibility index (Phi) is 6.20. The molecule has 1 atom stereocenters. The minimum absolute atomic E-state index is 0.0565. The molecule has 2 heterocycles. The first-order chi connectivity index (χ1) is 13.2. The lowest BCUT2D eigenvalue weighted by molar-refractivity contribution is -0.157. The number of carboxylic acids is 1. The van der Waals surface area contributed by atoms with Crippen molar-refractivity contribution in [3.63, 3.8) is 0 Å². The van der Waals surface area contributed by atoms with E-state index in [0.717, 1.165) is 0 Å². The van der Waals surface area contributed by atoms with E-state index in [-0.39, 0.29) is 12.1 Å². The summed E-state index contributed by atoms with van der Waals surface area (Å²) in [6.45, 7) is 10.3. The summed E-state index contributed by atoms with van der Waals surface area (Å²) in [5.41, 5.74) is -0.605. The number of aromatic carboxylic acids is 1. The zero-order chi connectivity index (χ0) is 22.0. The molecule has 158 valence electrons. The minimum atomic E-state index is -1.16. The number of amides is 1. The Hall–Kier alpha value is -3.10. The molecule has 0 aliphatic carbocycles. The predicted octanol–water partition coefficient (Wildman–Crippen LogP) is 2.81. The summed E-state index contributed by atoms with van der Waals surface area (Å²) in [6.07, 6.45) is 0.672. The molecule has 29 heavy (non-hydrogen) atoms. The number of hydrogen-bond acceptors (Lipinski definition) is 6. The van der Waals surface area contributed by atoms with Crippen LogP contribution in [0.3, 0.4) is 0 Å². The summed E-state index contributed by atoms with van der Waals surface area (Å²) >= 11 is 0. The van der Waals surface area contributed by atoms with Crippen molar-refractivity contribution in [2.24, 2.45) is 0 Å². The molecular weight excluding hydrogens is 378 g/mol. The van der Waals surface area contributed by atoms with Crippen molar-refractivity contribution >= 4 is 23.7 Å². The van der Waals surface area contributed by atoms with Crippen molar-refractivity contribution < 1.29 is 29.0 Å². The van der Waals surface area contributed by atoms with Gasteiger partial charge in [0.25, 0.3) is 0 Å². The molecular formula is C20H27N3O6. The van der Waals surface area contributed by atoms with Gasteiger partial charge < -0.3 is 24.3 Å². The highest BCUT2D eigenvalue weighted by atomic mass is 16.6. The van der Waals surface area contributed by atoms with Gasteiger partial charge in [-0.05, 0) is 53.7 Å². The second kappa shape index (κ2) is 8.10. The third-order valence-corrected chi connectivity index (χ3v) is 3.59. The van der Waals surface area contributed by atoms with Gasteiger partial charge in [-0.15, -0.1) is 0 Å². The van der Waals surface area contributed by atoms with Crippen molar-refractivity contribution in [2.45, 2.75) is 65.2 Å². The van der Waals surface area contributed by atoms with Gasteiger partial charge >= 0.3 is 18.0 Å². The van der Waals surface area contributed by atoms with Crippen molar-refractivity contribution in [3.05, 3.63) is 35.8 Å². The third-order valence-electron chi connectivity index (χ3n) is 3.59. The predicted molar refractivity (Wildman–Crippen MR) is 105 cm³/mol. The number of carbonyl (C=O) groups excluding carboxylic acids is 2. The fourth-order valence-electron chi connectivity index (χ4n) is 2.56. The molecule has 0 spiro atoms. The largest absolute Gasteiger partial charge is 0.476 e. The van der Waals surface area contributed by atoms with Gasteiger partial charge in [0, 0.05) is 18.3 Å². The van der Waals surface area contributed by atoms with Gasteiger partial charge in [0.1, 0.15) is 22.9 Å². The van der Waals surface area contributed by atoms with Gasteiger partial charge in [0.2, 0.25) is 0 Å². The summed E-state index contributed by atoms with van der Waals surface area (Å²) in [5, 5.41) is 11.7. The summed E-state index contributed by atoms with van der Waals surface area (Å²) in [7, 11) is 0. The summed E-state index contributed by atoms with van der Waals surface area (Å²) in [6, 6.07) is 4.03. The summed E-state index contributed by atoms with van der Waals surface area (Å²) < 4.78 is 12.3. The van der Waals surface area contributed by atoms with Crippen molar-refractivity contribution in [1.82, 2.24) is 14.7 Å². The Morgan fingerprint density at radius 2 is 1.72 bits per heavy atom. The maximum absolute atomic E-state index is 12.7. The maximum Gasteiger partial charge on any atom is 0.408 e. The molecule has 2 aromatic heterocycles. The van der Waals surface area contributed by atoms with Crippen LogP contribution in [0.5, 0.6) is 0 Å². The zero-order valence-electron chi connectivity index (χ0n) is 17.5. The van der Waals surface area contributed by atoms with E-state index >= 15 is 0 Å². The minimum Gasteiger partial charge on any atom is -0.476 e. The van der Waals surface area contributed by atoms with Crippen LogP contribution in [0.1, 0.15) is 57.7 Å². The van der Waals surface area contributed by atoms with Gasteiger partial charge in [0.05, 0.1) is 0 Å². The molecule has 1 amide bonds. The number of ether oxygens (including phenoxy) is 2. The monoisotopic (exact) mass is 405 g/mol. The average molecular weight is 405 g/mol. The highest BCUT2D eigenvalue weighted by Gasteiger charge is 2.29. The molecule has 0 saturated carbocycles. The van der Waals surface area contributed by atoms with Crippen LogP contribution < -0.4 is 5.32 Å². The van der Waals surface area contributed by atoms with E-state index in [1.165, 1.54) is 6.20 Å². The normalized spacial score (nSPS) is 13.0. The number of nitrogens with one attached hydrogen (secondary N) is 1. The van der Waals surface area contributed by atoms with Gasteiger partial charge in [-0.2, -0.15) is 0 Å². The fourth-order valence-corrected chi connectivity index (χ4v) is 2.56. The SMILES string of the molecule is CC(C)(C)OC(=O)N[C@@H](Cc1cccc2nc(C(=O)O)cn12)C(=O)OC(C)(C)C. The third kappa shape index (κ3) is 6.48. The molecule has 2 aromatic rings. The van der Waals surface area contributed by atoms with E-state index in [4.69, 9.17) is 9.47 Å². The number of imidazole rings is 1. The van der Waals surface area contributed by atoms with Crippen LogP contribution in [0, 0.1) is 0 Å². The van der Waals surface area contributed by atoms with Crippen LogP contribution in [-0.4, -0.2) is 49.8 Å². The zero-order valence-corrected chi connectivity index (χ0v) is 17.5. The molecule has 0 aromatic carbocycles. The van der Waals surface area contributed by atoms with E-state index < -0.39 is 35.3 Å². The molecule has 0 bridgehead atoms. The Morgan fingerprint density at radius 3 is 2.28 bits per heavy atom. The lowest BCUT2D eigenvalue weighted by Gasteiger charge is -2.26. The van der Waals surface area contributed by atoms with E-state index in [0.29, 0.717) is 11.3 Å². The summed E-state index contributed by atoms with van der Waals surface area (Å²) in [5.74, 6) is -1.78. The number of aromatic nitrogens is 2. The first-order valence-electron chi connectivity index (χ1n) is 9.18. The van der Waals surface area contributed by atoms with Gasteiger partial charge in [-0.25, -0.2) is 19.4 Å². The van der Waals surface area contributed by atoms with Gasteiger partial charge in [0.15, 0.2) is 5.69 Å². The number of pyridine rings is 1. The smallest absolute Gasteiger partial charge is 0.408 e. The Balaban J connectivity index is 2.33. The Morgan fingerprint density at radius 1 is 1.10 bits per heavy atom. The van der Waals surface area contributed by atoms with Gasteiger partial charge in [-0.3, -0.25) is 0 Å². The van der Waals surface area contributed by atoms with E-state index in [2.05, 4.69) is 10.3 Å². The molecule has 2 N–H and O–H groups in total. The standard InChI is InChI=1S/C20H27N3O6/c1-19(2,3)28-17(26)13(22-18(27)29-20(4,5)6)10-12-8-7-9-15-21-14(16(24)25)11-23(12)15/h7-9,11,13H,10H2,1-6H3,(H,22,27)(H,24,25)/t13-/m0/s1. The first-order valence-corrected chi connectivity index (χ1v) is 9.18. The number of esters is 1. The molecule has 0 fully saturated rings. The lowest BCUT2D eigenvalue weighted by Crippen LogP contribution is -2.47. The van der Waals surface area contributed by atoms with E-state index in [1.807, 2.05) is 0 Å². The van der Waals surface area contributed by atoms with E-state index in [1.54, 1.807) is 64.1 Å². The molecule has 0 aliphatic rings. The van der Waals surface area contributed by atoms with Crippen LogP contribution in [0.2, 0.25) is 0 Å². The summed E-state index contributed by atoms with van der Waals surface area (Å²) in [4.78, 5) is 40.2. The van der Waals surface area contributed by atoms with Crippen LogP contribution in [0.15, 0.2) is 24.4 Å². The molecule has 0 saturated heterocycles. The molecule has 0 aliphatic heterocycles. The number of fused-ring (bicyclic) bond motifs is 1. The quantitative estimate of drug-likeness (QED) is 0.734. The second-order valence-electron chi connectivity index (χ2n) is 8.61. The number of carbonyl (C=O) groups is 3. The van der Waals surface area contributed by atoms with E-state index in [9.17, 15) is 19.5 Å². The average Bonchev–Trinajstić information content (AvgIpc) is 2.96. The first kappa shape index (κ1) is 22.2. The lowest BCUT2D eigenvalue weighted by atomic mass is 10.1. The molecule has 0 radical (unpaired) electrons. The second-order valence-corrected chi connectivity index (χ2v) is 8.61. The number of hydrogen-bond donors (Lipinski definition) is 2. The van der Waals surface area contributed by atoms with Crippen molar-refractivity contribution in [2.75, 3.05) is 0 Å². The highest BCUT2D eigenvalue weighted by molar-refractivity contribution is 5.86. The van der Waals surface area contributed by atoms with Crippen molar-refractivity contribution in [1.29, 1.82) is 0 Å². The van der Waals surface area contributed by atoms with Crippen molar-refractivity contribution in [3.8, 4) is 0 Å². The number of rotatable bonds is 5. The van der Waals surface area contributed by atoms with Crippen LogP contribution in [-0.2, 0) is 20.7 Å². The molecule has 9 nitrogen and oxygen atoms in total. The van der Waals surface area contributed by atoms with Gasteiger partial charge in [-0.1, -0.05) is 6.07 Å². The molecule has 2 rings (SSSR count). The highest BCUT2D eigenvalue weighted by Crippen LogP contribution is 2.15.